The molecule has 3 aromatic rings. The zero-order chi connectivity index (χ0) is 26.6. The second-order valence-corrected chi connectivity index (χ2v) is 16.4. The lowest BCUT2D eigenvalue weighted by atomic mass is 10.0. The standard InChI is InChI=1S/C31H42N2O3Si/c1-31(2,3)37(5,6)36-20-19-33(18-17-25-22-32-28-10-8-7-9-26(25)28)29-15-13-24-21-23(11-14-27(24)29)12-16-30(34)35-4/h7-12,14,16,21-22,29,32H,13,15,17-20H2,1-6H3. The summed E-state index contributed by atoms with van der Waals surface area (Å²) in [4.78, 5) is 17.6. The number of nitrogens with zero attached hydrogens (tertiary/aromatic N) is 1. The van der Waals surface area contributed by atoms with Crippen LogP contribution in [0.3, 0.4) is 0 Å². The number of ether oxygens (including phenoxy) is 1. The molecule has 0 fully saturated rings. The van der Waals surface area contributed by atoms with Gasteiger partial charge in [-0.3, -0.25) is 4.90 Å². The number of hydrogen-bond donors (Lipinski definition) is 1. The van der Waals surface area contributed by atoms with E-state index in [-0.39, 0.29) is 11.0 Å². The Labute approximate surface area is 223 Å². The van der Waals surface area contributed by atoms with Crippen LogP contribution in [0.25, 0.3) is 17.0 Å². The first-order valence-corrected chi connectivity index (χ1v) is 16.3. The summed E-state index contributed by atoms with van der Waals surface area (Å²) < 4.78 is 11.3. The maximum Gasteiger partial charge on any atom is 0.330 e. The van der Waals surface area contributed by atoms with Crippen molar-refractivity contribution >= 4 is 31.3 Å². The van der Waals surface area contributed by atoms with Crippen molar-refractivity contribution in [3.8, 4) is 0 Å². The molecule has 0 spiro atoms. The van der Waals surface area contributed by atoms with Gasteiger partial charge in [0, 0.05) is 48.9 Å². The van der Waals surface area contributed by atoms with Gasteiger partial charge in [0.2, 0.25) is 0 Å². The zero-order valence-corrected chi connectivity index (χ0v) is 24.3. The number of rotatable bonds is 10. The first-order valence-electron chi connectivity index (χ1n) is 13.4. The highest BCUT2D eigenvalue weighted by Gasteiger charge is 2.37. The van der Waals surface area contributed by atoms with Crippen LogP contribution < -0.4 is 0 Å². The Hall–Kier alpha value is -2.67. The Bertz CT molecular complexity index is 1250. The van der Waals surface area contributed by atoms with Crippen molar-refractivity contribution in [1.29, 1.82) is 0 Å². The molecule has 0 aliphatic heterocycles. The van der Waals surface area contributed by atoms with Gasteiger partial charge in [0.15, 0.2) is 8.32 Å². The van der Waals surface area contributed by atoms with Crippen LogP contribution in [0.2, 0.25) is 18.1 Å². The summed E-state index contributed by atoms with van der Waals surface area (Å²) in [5, 5.41) is 1.52. The Morgan fingerprint density at radius 1 is 1.16 bits per heavy atom. The zero-order valence-electron chi connectivity index (χ0n) is 23.3. The van der Waals surface area contributed by atoms with E-state index in [4.69, 9.17) is 9.16 Å². The van der Waals surface area contributed by atoms with Gasteiger partial charge in [-0.1, -0.05) is 57.2 Å². The SMILES string of the molecule is COC(=O)C=Cc1ccc2c(c1)CCC2N(CCO[Si](C)(C)C(C)(C)C)CCc1c[nH]c2ccccc12. The fraction of sp³-hybridized carbons (Fsp3) is 0.452. The number of aromatic amines is 1. The fourth-order valence-electron chi connectivity index (χ4n) is 4.99. The maximum atomic E-state index is 11.5. The van der Waals surface area contributed by atoms with Gasteiger partial charge in [-0.15, -0.1) is 0 Å². The number of para-hydroxylation sites is 1. The summed E-state index contributed by atoms with van der Waals surface area (Å²) in [6, 6.07) is 15.5. The van der Waals surface area contributed by atoms with Crippen molar-refractivity contribution in [2.24, 2.45) is 0 Å². The highest BCUT2D eigenvalue weighted by atomic mass is 28.4. The van der Waals surface area contributed by atoms with Crippen LogP contribution in [0.1, 0.15) is 55.5 Å². The Balaban J connectivity index is 1.52. The molecule has 37 heavy (non-hydrogen) atoms. The minimum Gasteiger partial charge on any atom is -0.466 e. The van der Waals surface area contributed by atoms with Crippen LogP contribution >= 0.6 is 0 Å². The largest absolute Gasteiger partial charge is 0.466 e. The van der Waals surface area contributed by atoms with E-state index < -0.39 is 8.32 Å². The Morgan fingerprint density at radius 3 is 2.70 bits per heavy atom. The average molecular weight is 519 g/mol. The number of benzene rings is 2. The Kier molecular flexibility index (Phi) is 8.41. The molecular formula is C31H42N2O3Si. The molecule has 6 heteroatoms. The first kappa shape index (κ1) is 27.4. The number of fused-ring (bicyclic) bond motifs is 2. The van der Waals surface area contributed by atoms with E-state index in [9.17, 15) is 4.79 Å². The predicted molar refractivity (Wildman–Crippen MR) is 155 cm³/mol. The number of nitrogens with one attached hydrogen (secondary N) is 1. The van der Waals surface area contributed by atoms with E-state index >= 15 is 0 Å². The highest BCUT2D eigenvalue weighted by molar-refractivity contribution is 6.74. The van der Waals surface area contributed by atoms with E-state index in [2.05, 4.69) is 92.4 Å². The van der Waals surface area contributed by atoms with E-state index in [1.165, 1.54) is 40.8 Å². The van der Waals surface area contributed by atoms with Gasteiger partial charge in [0.05, 0.1) is 7.11 Å². The van der Waals surface area contributed by atoms with Crippen LogP contribution in [-0.4, -0.2) is 51.0 Å². The van der Waals surface area contributed by atoms with Gasteiger partial charge in [0.1, 0.15) is 0 Å². The topological polar surface area (TPSA) is 54.6 Å². The van der Waals surface area contributed by atoms with Gasteiger partial charge >= 0.3 is 5.97 Å². The second kappa shape index (κ2) is 11.4. The van der Waals surface area contributed by atoms with Gasteiger partial charge in [0.25, 0.3) is 0 Å². The van der Waals surface area contributed by atoms with Gasteiger partial charge < -0.3 is 14.1 Å². The highest BCUT2D eigenvalue weighted by Crippen LogP contribution is 2.38. The number of esters is 1. The molecule has 1 atom stereocenters. The van der Waals surface area contributed by atoms with Crippen LogP contribution in [0.5, 0.6) is 0 Å². The quantitative estimate of drug-likeness (QED) is 0.180. The van der Waals surface area contributed by atoms with Crippen molar-refractivity contribution in [1.82, 2.24) is 9.88 Å². The number of carbonyl (C=O) groups excluding carboxylic acids is 1. The molecule has 198 valence electrons. The van der Waals surface area contributed by atoms with E-state index in [0.29, 0.717) is 6.04 Å². The molecule has 1 aliphatic rings. The van der Waals surface area contributed by atoms with E-state index in [1.807, 2.05) is 6.08 Å². The normalized spacial score (nSPS) is 16.1. The molecular weight excluding hydrogens is 476 g/mol. The van der Waals surface area contributed by atoms with Crippen LogP contribution in [0.15, 0.2) is 54.7 Å². The first-order chi connectivity index (χ1) is 17.6. The maximum absolute atomic E-state index is 11.5. The van der Waals surface area contributed by atoms with Gasteiger partial charge in [-0.05, 0) is 71.8 Å². The van der Waals surface area contributed by atoms with E-state index in [0.717, 1.165) is 44.5 Å². The molecule has 0 amide bonds. The predicted octanol–water partition coefficient (Wildman–Crippen LogP) is 6.91. The number of methoxy groups -OCH3 is 1. The number of hydrogen-bond acceptors (Lipinski definition) is 4. The molecule has 1 heterocycles. The lowest BCUT2D eigenvalue weighted by molar-refractivity contribution is -0.134. The third-order valence-corrected chi connectivity index (χ3v) is 12.8. The lowest BCUT2D eigenvalue weighted by Gasteiger charge is -2.37. The number of H-pyrrole nitrogens is 1. The molecule has 1 N–H and O–H groups in total. The van der Waals surface area contributed by atoms with Crippen molar-refractivity contribution in [3.63, 3.8) is 0 Å². The molecule has 1 unspecified atom stereocenters. The molecule has 5 nitrogen and oxygen atoms in total. The third-order valence-electron chi connectivity index (χ3n) is 8.26. The van der Waals surface area contributed by atoms with Crippen molar-refractivity contribution in [3.05, 3.63) is 77.0 Å². The van der Waals surface area contributed by atoms with Gasteiger partial charge in [-0.25, -0.2) is 4.79 Å². The summed E-state index contributed by atoms with van der Waals surface area (Å²) >= 11 is 0. The van der Waals surface area contributed by atoms with Crippen LogP contribution in [0.4, 0.5) is 0 Å². The smallest absolute Gasteiger partial charge is 0.330 e. The molecule has 4 rings (SSSR count). The summed E-state index contributed by atoms with van der Waals surface area (Å²) in [5.41, 5.74) is 6.38. The lowest BCUT2D eigenvalue weighted by Crippen LogP contribution is -2.43. The summed E-state index contributed by atoms with van der Waals surface area (Å²) in [6.45, 7) is 14.2. The molecule has 1 aliphatic carbocycles. The molecule has 0 bridgehead atoms. The average Bonchev–Trinajstić information content (AvgIpc) is 3.47. The van der Waals surface area contributed by atoms with Crippen LogP contribution in [-0.2, 0) is 26.8 Å². The summed E-state index contributed by atoms with van der Waals surface area (Å²) in [6.07, 6.45) is 8.63. The molecule has 0 radical (unpaired) electrons. The van der Waals surface area contributed by atoms with Crippen LogP contribution in [0, 0.1) is 0 Å². The molecule has 0 saturated carbocycles. The van der Waals surface area contributed by atoms with Crippen molar-refractivity contribution < 1.29 is 14.0 Å². The second-order valence-electron chi connectivity index (χ2n) is 11.6. The monoisotopic (exact) mass is 518 g/mol. The summed E-state index contributed by atoms with van der Waals surface area (Å²) in [5.74, 6) is -0.330. The Morgan fingerprint density at radius 2 is 1.95 bits per heavy atom. The number of aryl methyl sites for hydroxylation is 1. The minimum absolute atomic E-state index is 0.204. The van der Waals surface area contributed by atoms with Crippen molar-refractivity contribution in [2.45, 2.75) is 64.2 Å². The van der Waals surface area contributed by atoms with E-state index in [1.54, 1.807) is 0 Å². The number of aromatic nitrogens is 1. The fourth-order valence-corrected chi connectivity index (χ4v) is 6.03. The minimum atomic E-state index is -1.80. The number of carbonyl (C=O) groups is 1. The van der Waals surface area contributed by atoms with Crippen molar-refractivity contribution in [2.75, 3.05) is 26.8 Å². The van der Waals surface area contributed by atoms with Gasteiger partial charge in [-0.2, -0.15) is 0 Å². The molecule has 1 aromatic heterocycles. The molecule has 0 saturated heterocycles. The molecule has 2 aromatic carbocycles. The summed E-state index contributed by atoms with van der Waals surface area (Å²) in [7, 11) is -0.399. The third kappa shape index (κ3) is 6.43.